The lowest BCUT2D eigenvalue weighted by atomic mass is 9.33. The summed E-state index contributed by atoms with van der Waals surface area (Å²) in [5.41, 5.74) is 6.22. The molecule has 0 radical (unpaired) electrons. The highest BCUT2D eigenvalue weighted by atomic mass is 16.7. The summed E-state index contributed by atoms with van der Waals surface area (Å²) < 4.78 is 19.3. The van der Waals surface area contributed by atoms with Gasteiger partial charge in [-0.1, -0.05) is 49.8 Å². The Morgan fingerprint density at radius 3 is 2.35 bits per heavy atom. The first-order chi connectivity index (χ1) is 36.6. The van der Waals surface area contributed by atoms with E-state index in [4.69, 9.17) is 19.9 Å². The first-order valence-corrected chi connectivity index (χ1v) is 26.9. The molecule has 1 heterocycles. The second kappa shape index (κ2) is 21.8. The van der Waals surface area contributed by atoms with Crippen molar-refractivity contribution in [1.29, 1.82) is 0 Å². The smallest absolute Gasteiger partial charge is 0.411 e. The van der Waals surface area contributed by atoms with Crippen LogP contribution in [0.25, 0.3) is 0 Å². The zero-order valence-electron chi connectivity index (χ0n) is 43.9. The van der Waals surface area contributed by atoms with Crippen molar-refractivity contribution in [3.8, 4) is 0 Å². The number of carboxylic acids is 1. The number of nitrogens with two attached hydrogens (primary N) is 1. The number of carbonyl (C=O) groups is 8. The van der Waals surface area contributed by atoms with Crippen LogP contribution in [-0.4, -0.2) is 118 Å². The maximum atomic E-state index is 14.1. The number of ketones is 2. The fourth-order valence-electron chi connectivity index (χ4n) is 15.0. The van der Waals surface area contributed by atoms with Gasteiger partial charge in [-0.2, -0.15) is 0 Å². The van der Waals surface area contributed by atoms with Crippen LogP contribution >= 0.6 is 0 Å². The molecular formula is C57H72N6O14. The van der Waals surface area contributed by atoms with Crippen LogP contribution in [0.1, 0.15) is 109 Å². The number of benzene rings is 2. The van der Waals surface area contributed by atoms with Gasteiger partial charge in [0, 0.05) is 46.9 Å². The highest BCUT2D eigenvalue weighted by Gasteiger charge is 2.80. The molecule has 2 aromatic carbocycles. The molecule has 0 unspecified atom stereocenters. The van der Waals surface area contributed by atoms with Gasteiger partial charge in [0.2, 0.25) is 23.6 Å². The van der Waals surface area contributed by atoms with E-state index in [1.54, 1.807) is 42.5 Å². The molecule has 1 saturated heterocycles. The first-order valence-electron chi connectivity index (χ1n) is 26.9. The van der Waals surface area contributed by atoms with Crippen LogP contribution in [0.4, 0.5) is 16.2 Å². The number of hydrogen-bond acceptors (Lipinski definition) is 14. The number of fused-ring (bicyclic) bond motifs is 7. The Morgan fingerprint density at radius 1 is 0.909 bits per heavy atom. The predicted octanol–water partition coefficient (Wildman–Crippen LogP) is 4.12. The molecule has 5 amide bonds. The lowest BCUT2D eigenvalue weighted by Gasteiger charge is -2.72. The van der Waals surface area contributed by atoms with Crippen LogP contribution in [0.3, 0.4) is 0 Å². The van der Waals surface area contributed by atoms with Crippen LogP contribution < -0.4 is 32.3 Å². The molecule has 11 atom stereocenters. The van der Waals surface area contributed by atoms with E-state index >= 15 is 0 Å². The highest BCUT2D eigenvalue weighted by Crippen LogP contribution is 2.79. The van der Waals surface area contributed by atoms with E-state index < -0.39 is 108 Å². The molecule has 7 aliphatic carbocycles. The number of carboxylic acid groups (broad SMARTS) is 1. The second-order valence-electron chi connectivity index (χ2n) is 23.3. The normalized spacial score (nSPS) is 32.7. The molecule has 6 saturated carbocycles. The number of allylic oxidation sites excluding steroid dienone is 4. The third-order valence-corrected chi connectivity index (χ3v) is 18.2. The number of rotatable bonds is 22. The lowest BCUT2D eigenvalue weighted by molar-refractivity contribution is -0.323. The van der Waals surface area contributed by atoms with Crippen LogP contribution in [0, 0.1) is 39.4 Å². The number of amides is 5. The fraction of sp³-hybridized carbons (Fsp3) is 0.579. The minimum Gasteiger partial charge on any atom is -0.481 e. The number of nitrogens with one attached hydrogen (secondary N) is 5. The molecule has 10 rings (SSSR count). The molecule has 2 aromatic rings. The van der Waals surface area contributed by atoms with Crippen LogP contribution in [-0.2, 0) is 60.8 Å². The van der Waals surface area contributed by atoms with Crippen LogP contribution in [0.5, 0.6) is 0 Å². The third-order valence-electron chi connectivity index (χ3n) is 18.2. The van der Waals surface area contributed by atoms with E-state index in [0.29, 0.717) is 55.6 Å². The predicted molar refractivity (Wildman–Crippen MR) is 278 cm³/mol. The number of ether oxygens (including phenoxy) is 3. The first kappa shape index (κ1) is 55.4. The van der Waals surface area contributed by atoms with Crippen LogP contribution in [0.15, 0.2) is 72.3 Å². The molecule has 0 spiro atoms. The summed E-state index contributed by atoms with van der Waals surface area (Å²) in [5, 5.41) is 44.7. The third kappa shape index (κ3) is 10.7. The Kier molecular flexibility index (Phi) is 15.7. The summed E-state index contributed by atoms with van der Waals surface area (Å²) in [4.78, 5) is 101. The van der Waals surface area contributed by atoms with Gasteiger partial charge in [-0.25, -0.2) is 4.79 Å². The van der Waals surface area contributed by atoms with E-state index in [0.717, 1.165) is 49.7 Å². The number of aliphatic hydroxyl groups is 2. The number of Topliss-reactive ketones (excluding diaryl/α,β-unsaturated/α-hetero) is 1. The Bertz CT molecular complexity index is 2730. The summed E-state index contributed by atoms with van der Waals surface area (Å²) in [6.07, 6.45) is 9.27. The van der Waals surface area contributed by atoms with Crippen LogP contribution in [0.2, 0.25) is 0 Å². The van der Waals surface area contributed by atoms with Gasteiger partial charge in [0.05, 0.1) is 18.8 Å². The van der Waals surface area contributed by atoms with Gasteiger partial charge in [-0.05, 0) is 148 Å². The molecule has 20 heteroatoms. The zero-order chi connectivity index (χ0) is 55.1. The van der Waals surface area contributed by atoms with Crippen molar-refractivity contribution in [3.05, 3.63) is 83.5 Å². The Labute approximate surface area is 447 Å². The van der Waals surface area contributed by atoms with E-state index in [9.17, 15) is 53.7 Å². The Hall–Kier alpha value is -6.32. The highest BCUT2D eigenvalue weighted by molar-refractivity contribution is 6.01. The molecular weight excluding hydrogens is 993 g/mol. The standard InChI is InChI=1S/C57H72N6O14/c1-32(65)60-41(9-4-5-20-58)49(72)59-26-46(69)63-42(16-17-47(70)71)50(73)61-36-13-10-33(11-14-36)28-75-52(74)62-37-8-6-7-34(21-37)24-55-29-56(30-55,31-55)51-76-45-23-40-39-15-12-35-22-38(66)18-19-53(35,2)48(39)43(67)25-54(40,3)57(45,77-51)44(68)27-64/h6-8,10-11,13-14,18-19,21-22,39-43,45,48,51,64,67H,4-5,9,12,15-17,20,23-31,58H2,1-3H3,(H,59,72)(H,60,65)(H,61,73)(H,62,74)(H,63,69)(H,70,71)/t39-,40-,41-,42-,43-,45+,48+,51-,53-,54-,55?,56?,57+/m0/s1. The Balaban J connectivity index is 0.740. The molecule has 1 aliphatic heterocycles. The van der Waals surface area contributed by atoms with Gasteiger partial charge in [0.1, 0.15) is 25.3 Å². The molecule has 8 aliphatic rings. The lowest BCUT2D eigenvalue weighted by Crippen LogP contribution is -2.69. The van der Waals surface area contributed by atoms with Gasteiger partial charge in [0.15, 0.2) is 23.5 Å². The quantitative estimate of drug-likeness (QED) is 0.0750. The average Bonchev–Trinajstić information content (AvgIpc) is 4.11. The Morgan fingerprint density at radius 2 is 1.65 bits per heavy atom. The number of carbonyl (C=O) groups excluding carboxylic acids is 7. The summed E-state index contributed by atoms with van der Waals surface area (Å²) in [6, 6.07) is 11.8. The van der Waals surface area contributed by atoms with Crippen molar-refractivity contribution in [2.24, 2.45) is 45.1 Å². The minimum absolute atomic E-state index is 0.000922. The largest absolute Gasteiger partial charge is 0.481 e. The van der Waals surface area contributed by atoms with Crippen molar-refractivity contribution in [2.75, 3.05) is 30.3 Å². The molecule has 414 valence electrons. The topological polar surface area (TPSA) is 311 Å². The molecule has 10 N–H and O–H groups in total. The van der Waals surface area contributed by atoms with Gasteiger partial charge in [-0.3, -0.25) is 38.9 Å². The van der Waals surface area contributed by atoms with Gasteiger partial charge < -0.3 is 56.5 Å². The van der Waals surface area contributed by atoms with Gasteiger partial charge in [0.25, 0.3) is 0 Å². The summed E-state index contributed by atoms with van der Waals surface area (Å²) in [5.74, 6) is -4.07. The second-order valence-corrected chi connectivity index (χ2v) is 23.3. The van der Waals surface area contributed by atoms with Gasteiger partial charge in [-0.15, -0.1) is 0 Å². The number of aliphatic hydroxyl groups excluding tert-OH is 2. The van der Waals surface area contributed by atoms with Crippen molar-refractivity contribution in [2.45, 2.75) is 147 Å². The van der Waals surface area contributed by atoms with E-state index in [2.05, 4.69) is 40.4 Å². The van der Waals surface area contributed by atoms with Crippen molar-refractivity contribution in [3.63, 3.8) is 0 Å². The fourth-order valence-corrected chi connectivity index (χ4v) is 15.0. The number of unbranched alkanes of at least 4 members (excludes halogenated alkanes) is 1. The minimum atomic E-state index is -1.38. The van der Waals surface area contributed by atoms with E-state index in [1.165, 1.54) is 6.92 Å². The van der Waals surface area contributed by atoms with E-state index in [1.807, 2.05) is 24.3 Å². The average molecular weight is 1070 g/mol. The van der Waals surface area contributed by atoms with E-state index in [-0.39, 0.29) is 47.4 Å². The molecule has 20 nitrogen and oxygen atoms in total. The van der Waals surface area contributed by atoms with Crippen molar-refractivity contribution >= 4 is 58.6 Å². The SMILES string of the molecule is CC(=O)N[C@@H](CCCCN)C(=O)NCC(=O)N[C@@H](CCC(=O)O)C(=O)Nc1ccc(COC(=O)Nc2cccc(CC34CC([C@H]5O[C@@H]6C[C@H]7[C@@H]8CCC9=CC(=O)C=C[C@]9(C)[C@H]8[C@@H](O)C[C@]7(C)[C@]6(C(=O)CO)O5)(C3)C4)c2)cc1. The number of aliphatic carboxylic acids is 1. The molecule has 7 fully saturated rings. The molecule has 77 heavy (non-hydrogen) atoms. The summed E-state index contributed by atoms with van der Waals surface area (Å²) in [7, 11) is 0. The zero-order valence-corrected chi connectivity index (χ0v) is 43.9. The maximum absolute atomic E-state index is 14.1. The van der Waals surface area contributed by atoms with Crippen molar-refractivity contribution in [1.82, 2.24) is 16.0 Å². The summed E-state index contributed by atoms with van der Waals surface area (Å²) >= 11 is 0. The number of hydrogen-bond donors (Lipinski definition) is 9. The summed E-state index contributed by atoms with van der Waals surface area (Å²) in [6.45, 7) is 4.55. The molecule has 0 aromatic heterocycles. The monoisotopic (exact) mass is 1060 g/mol. The van der Waals surface area contributed by atoms with Gasteiger partial charge >= 0.3 is 12.1 Å². The van der Waals surface area contributed by atoms with Crippen molar-refractivity contribution < 1.29 is 67.9 Å². The molecule has 2 bridgehead atoms. The number of anilines is 2. The maximum Gasteiger partial charge on any atom is 0.411 e.